The summed E-state index contributed by atoms with van der Waals surface area (Å²) in [5.41, 5.74) is 3.41. The highest BCUT2D eigenvalue weighted by Gasteiger charge is 2.18. The number of halogens is 1. The van der Waals surface area contributed by atoms with Crippen LogP contribution in [0.2, 0.25) is 4.34 Å². The van der Waals surface area contributed by atoms with Crippen molar-refractivity contribution < 1.29 is 4.79 Å². The number of nitrogens with one attached hydrogen (secondary N) is 1. The Morgan fingerprint density at radius 3 is 2.70 bits per heavy atom. The van der Waals surface area contributed by atoms with Crippen molar-refractivity contribution in [2.45, 2.75) is 13.5 Å². The number of hydrogen-bond acceptors (Lipinski definition) is 4. The molecule has 1 aromatic carbocycles. The molecule has 23 heavy (non-hydrogen) atoms. The van der Waals surface area contributed by atoms with Crippen molar-refractivity contribution in [1.29, 1.82) is 0 Å². The summed E-state index contributed by atoms with van der Waals surface area (Å²) in [6, 6.07) is 8.08. The van der Waals surface area contributed by atoms with Crippen molar-refractivity contribution in [2.75, 3.05) is 19.0 Å². The first kappa shape index (κ1) is 15.8. The van der Waals surface area contributed by atoms with Crippen LogP contribution >= 0.6 is 22.9 Å². The average molecular weight is 349 g/mol. The number of carbonyl (C=O) groups is 1. The Bertz CT molecular complexity index is 851. The molecule has 1 N–H and O–H groups in total. The van der Waals surface area contributed by atoms with E-state index < -0.39 is 0 Å². The maximum atomic E-state index is 12.5. The van der Waals surface area contributed by atoms with Gasteiger partial charge in [0, 0.05) is 32.5 Å². The first-order chi connectivity index (χ1) is 11.0. The van der Waals surface area contributed by atoms with Gasteiger partial charge in [0.05, 0.1) is 5.69 Å². The van der Waals surface area contributed by atoms with Crippen molar-refractivity contribution in [2.24, 2.45) is 0 Å². The van der Waals surface area contributed by atoms with Crippen LogP contribution in [0.3, 0.4) is 0 Å². The molecule has 0 radical (unpaired) electrons. The minimum Gasteiger partial charge on any atom is -0.378 e. The molecule has 120 valence electrons. The molecule has 0 aliphatic rings. The molecule has 0 fully saturated rings. The summed E-state index contributed by atoms with van der Waals surface area (Å²) in [6.45, 7) is 2.30. The van der Waals surface area contributed by atoms with Gasteiger partial charge in [-0.15, -0.1) is 0 Å². The lowest BCUT2D eigenvalue weighted by Crippen LogP contribution is -2.24. The zero-order valence-corrected chi connectivity index (χ0v) is 14.7. The Balaban J connectivity index is 1.74. The Kier molecular flexibility index (Phi) is 4.28. The van der Waals surface area contributed by atoms with E-state index >= 15 is 0 Å². The van der Waals surface area contributed by atoms with Gasteiger partial charge in [-0.1, -0.05) is 35.1 Å². The third-order valence-electron chi connectivity index (χ3n) is 3.59. The molecule has 0 bridgehead atoms. The lowest BCUT2D eigenvalue weighted by Gasteiger charge is -2.13. The van der Waals surface area contributed by atoms with Gasteiger partial charge in [-0.05, 0) is 24.6 Å². The van der Waals surface area contributed by atoms with Crippen LogP contribution in [0, 0.1) is 6.92 Å². The number of aryl methyl sites for hydroxylation is 1. The van der Waals surface area contributed by atoms with E-state index in [9.17, 15) is 4.79 Å². The SMILES string of the molecule is Cc1nc2sc(Cl)cn2c1C(=O)NCc1ccc(N(C)C)cc1. The molecule has 0 aliphatic heterocycles. The molecule has 7 heteroatoms. The molecule has 0 saturated carbocycles. The fourth-order valence-electron chi connectivity index (χ4n) is 2.38. The predicted octanol–water partition coefficient (Wildman–Crippen LogP) is 3.35. The molecule has 3 rings (SSSR count). The van der Waals surface area contributed by atoms with Gasteiger partial charge in [0.1, 0.15) is 10.0 Å². The predicted molar refractivity (Wildman–Crippen MR) is 94.8 cm³/mol. The topological polar surface area (TPSA) is 49.6 Å². The normalized spacial score (nSPS) is 11.0. The maximum absolute atomic E-state index is 12.5. The maximum Gasteiger partial charge on any atom is 0.270 e. The summed E-state index contributed by atoms with van der Waals surface area (Å²) >= 11 is 7.34. The minimum absolute atomic E-state index is 0.152. The lowest BCUT2D eigenvalue weighted by molar-refractivity contribution is 0.0944. The van der Waals surface area contributed by atoms with Crippen molar-refractivity contribution in [3.8, 4) is 0 Å². The zero-order valence-electron chi connectivity index (χ0n) is 13.1. The molecule has 0 saturated heterocycles. The fraction of sp³-hybridized carbons (Fsp3) is 0.250. The number of fused-ring (bicyclic) bond motifs is 1. The van der Waals surface area contributed by atoms with Gasteiger partial charge in [0.25, 0.3) is 5.91 Å². The van der Waals surface area contributed by atoms with E-state index in [2.05, 4.69) is 10.3 Å². The van der Waals surface area contributed by atoms with E-state index in [-0.39, 0.29) is 5.91 Å². The summed E-state index contributed by atoms with van der Waals surface area (Å²) in [7, 11) is 3.99. The van der Waals surface area contributed by atoms with E-state index in [1.54, 1.807) is 10.6 Å². The van der Waals surface area contributed by atoms with Crippen molar-refractivity contribution in [1.82, 2.24) is 14.7 Å². The van der Waals surface area contributed by atoms with E-state index in [0.29, 0.717) is 22.3 Å². The number of thiazole rings is 1. The molecule has 1 amide bonds. The van der Waals surface area contributed by atoms with E-state index in [0.717, 1.165) is 16.2 Å². The average Bonchev–Trinajstić information content (AvgIpc) is 2.99. The molecule has 0 aliphatic carbocycles. The molecule has 5 nitrogen and oxygen atoms in total. The second kappa shape index (κ2) is 6.22. The van der Waals surface area contributed by atoms with Gasteiger partial charge in [-0.25, -0.2) is 4.98 Å². The number of benzene rings is 1. The minimum atomic E-state index is -0.152. The third-order valence-corrected chi connectivity index (χ3v) is 4.69. The first-order valence-corrected chi connectivity index (χ1v) is 8.33. The fourth-order valence-corrected chi connectivity index (χ4v) is 3.44. The van der Waals surface area contributed by atoms with Gasteiger partial charge < -0.3 is 10.2 Å². The summed E-state index contributed by atoms with van der Waals surface area (Å²) in [6.07, 6.45) is 1.72. The number of amides is 1. The molecule has 0 atom stereocenters. The van der Waals surface area contributed by atoms with Gasteiger partial charge >= 0.3 is 0 Å². The van der Waals surface area contributed by atoms with Gasteiger partial charge in [-0.3, -0.25) is 9.20 Å². The highest BCUT2D eigenvalue weighted by Crippen LogP contribution is 2.25. The number of nitrogens with zero attached hydrogens (tertiary/aromatic N) is 3. The Morgan fingerprint density at radius 1 is 1.35 bits per heavy atom. The van der Waals surface area contributed by atoms with Crippen LogP contribution in [0.15, 0.2) is 30.5 Å². The number of imidazole rings is 1. The monoisotopic (exact) mass is 348 g/mol. The molecule has 2 aromatic heterocycles. The second-order valence-corrected chi connectivity index (χ2v) is 7.12. The van der Waals surface area contributed by atoms with Crippen LogP contribution < -0.4 is 10.2 Å². The van der Waals surface area contributed by atoms with E-state index in [1.807, 2.05) is 50.2 Å². The van der Waals surface area contributed by atoms with Gasteiger partial charge in [0.15, 0.2) is 4.96 Å². The summed E-state index contributed by atoms with van der Waals surface area (Å²) in [4.78, 5) is 19.6. The Labute approximate surface area is 143 Å². The first-order valence-electron chi connectivity index (χ1n) is 7.14. The van der Waals surface area contributed by atoms with Crippen LogP contribution in [-0.4, -0.2) is 29.4 Å². The molecule has 3 aromatic rings. The molecular formula is C16H17ClN4OS. The number of carbonyl (C=O) groups excluding carboxylic acids is 1. The van der Waals surface area contributed by atoms with Crippen LogP contribution in [0.1, 0.15) is 21.7 Å². The lowest BCUT2D eigenvalue weighted by atomic mass is 10.2. The largest absolute Gasteiger partial charge is 0.378 e. The molecule has 0 unspecified atom stereocenters. The van der Waals surface area contributed by atoms with Crippen molar-refractivity contribution in [3.63, 3.8) is 0 Å². The molecule has 2 heterocycles. The highest BCUT2D eigenvalue weighted by atomic mass is 35.5. The van der Waals surface area contributed by atoms with Crippen LogP contribution in [0.25, 0.3) is 4.96 Å². The Hall–Kier alpha value is -2.05. The summed E-state index contributed by atoms with van der Waals surface area (Å²) in [5, 5.41) is 2.94. The van der Waals surface area contributed by atoms with Crippen LogP contribution in [-0.2, 0) is 6.54 Å². The third kappa shape index (κ3) is 3.18. The number of anilines is 1. The molecule has 0 spiro atoms. The zero-order chi connectivity index (χ0) is 16.6. The van der Waals surface area contributed by atoms with E-state index in [4.69, 9.17) is 11.6 Å². The second-order valence-electron chi connectivity index (χ2n) is 5.48. The number of aromatic nitrogens is 2. The Morgan fingerprint density at radius 2 is 2.04 bits per heavy atom. The number of rotatable bonds is 4. The van der Waals surface area contributed by atoms with Gasteiger partial charge in [0.2, 0.25) is 0 Å². The standard InChI is InChI=1S/C16H17ClN4OS/c1-10-14(21-9-13(17)23-16(21)19-10)15(22)18-8-11-4-6-12(7-5-11)20(2)3/h4-7,9H,8H2,1-3H3,(H,18,22). The molecular weight excluding hydrogens is 332 g/mol. The quantitative estimate of drug-likeness (QED) is 0.786. The van der Waals surface area contributed by atoms with Gasteiger partial charge in [-0.2, -0.15) is 0 Å². The number of hydrogen-bond donors (Lipinski definition) is 1. The summed E-state index contributed by atoms with van der Waals surface area (Å²) in [5.74, 6) is -0.152. The smallest absolute Gasteiger partial charge is 0.270 e. The van der Waals surface area contributed by atoms with Crippen LogP contribution in [0.5, 0.6) is 0 Å². The van der Waals surface area contributed by atoms with Crippen molar-refractivity contribution >= 4 is 39.5 Å². The highest BCUT2D eigenvalue weighted by molar-refractivity contribution is 7.20. The van der Waals surface area contributed by atoms with Crippen molar-refractivity contribution in [3.05, 3.63) is 51.7 Å². The summed E-state index contributed by atoms with van der Waals surface area (Å²) < 4.78 is 2.35. The van der Waals surface area contributed by atoms with E-state index in [1.165, 1.54) is 11.3 Å². The van der Waals surface area contributed by atoms with Crippen LogP contribution in [0.4, 0.5) is 5.69 Å².